The van der Waals surface area contributed by atoms with Crippen LogP contribution >= 0.6 is 11.6 Å². The van der Waals surface area contributed by atoms with Crippen molar-refractivity contribution >= 4 is 17.5 Å². The van der Waals surface area contributed by atoms with E-state index in [1.165, 1.54) is 0 Å². The van der Waals surface area contributed by atoms with Gasteiger partial charge in [0, 0.05) is 12.6 Å². The number of halogens is 1. The third-order valence-electron chi connectivity index (χ3n) is 2.77. The van der Waals surface area contributed by atoms with E-state index in [4.69, 9.17) is 22.1 Å². The monoisotopic (exact) mass is 298 g/mol. The molecule has 1 aromatic rings. The molecule has 20 heavy (non-hydrogen) atoms. The van der Waals surface area contributed by atoms with E-state index in [1.807, 2.05) is 19.1 Å². The zero-order valence-corrected chi connectivity index (χ0v) is 12.9. The Hall–Kier alpha value is -1.26. The standard InChI is InChI=1S/C15H23ClN2O2/c1-3-4-7-18-15(19)10-20-14-6-5-12(8-11(2)17)9-13(14)16/h5-6,9,11H,3-4,7-8,10,17H2,1-2H3,(H,18,19). The molecule has 0 aliphatic carbocycles. The Morgan fingerprint density at radius 2 is 2.25 bits per heavy atom. The number of ether oxygens (including phenoxy) is 1. The van der Waals surface area contributed by atoms with E-state index in [-0.39, 0.29) is 18.6 Å². The summed E-state index contributed by atoms with van der Waals surface area (Å²) in [6.45, 7) is 4.68. The lowest BCUT2D eigenvalue weighted by molar-refractivity contribution is -0.123. The van der Waals surface area contributed by atoms with Crippen molar-refractivity contribution in [3.8, 4) is 5.75 Å². The molecule has 1 unspecified atom stereocenters. The number of carbonyl (C=O) groups excluding carboxylic acids is 1. The average molecular weight is 299 g/mol. The minimum Gasteiger partial charge on any atom is -0.482 e. The van der Waals surface area contributed by atoms with E-state index >= 15 is 0 Å². The first-order valence-corrected chi connectivity index (χ1v) is 7.34. The predicted molar refractivity (Wildman–Crippen MR) is 82.2 cm³/mol. The molecule has 1 amide bonds. The quantitative estimate of drug-likeness (QED) is 0.725. The second kappa shape index (κ2) is 8.82. The lowest BCUT2D eigenvalue weighted by Crippen LogP contribution is -2.29. The molecule has 0 saturated carbocycles. The number of nitrogens with one attached hydrogen (secondary N) is 1. The molecule has 112 valence electrons. The fourth-order valence-electron chi connectivity index (χ4n) is 1.76. The van der Waals surface area contributed by atoms with Gasteiger partial charge in [-0.15, -0.1) is 0 Å². The van der Waals surface area contributed by atoms with Crippen LogP contribution in [0, 0.1) is 0 Å². The maximum Gasteiger partial charge on any atom is 0.257 e. The highest BCUT2D eigenvalue weighted by molar-refractivity contribution is 6.32. The lowest BCUT2D eigenvalue weighted by Gasteiger charge is -2.11. The Bertz CT molecular complexity index is 436. The minimum atomic E-state index is -0.130. The average Bonchev–Trinajstić information content (AvgIpc) is 2.37. The van der Waals surface area contributed by atoms with Crippen LogP contribution in [0.4, 0.5) is 0 Å². The molecule has 0 bridgehead atoms. The highest BCUT2D eigenvalue weighted by Gasteiger charge is 2.07. The van der Waals surface area contributed by atoms with Gasteiger partial charge in [0.05, 0.1) is 5.02 Å². The fourth-order valence-corrected chi connectivity index (χ4v) is 2.02. The number of amides is 1. The Kier molecular flexibility index (Phi) is 7.41. The van der Waals surface area contributed by atoms with Crippen LogP contribution in [-0.4, -0.2) is 25.1 Å². The van der Waals surface area contributed by atoms with Crippen molar-refractivity contribution in [2.75, 3.05) is 13.2 Å². The highest BCUT2D eigenvalue weighted by Crippen LogP contribution is 2.25. The summed E-state index contributed by atoms with van der Waals surface area (Å²) in [5, 5.41) is 3.29. The minimum absolute atomic E-state index is 0.0178. The van der Waals surface area contributed by atoms with Gasteiger partial charge < -0.3 is 15.8 Å². The van der Waals surface area contributed by atoms with Crippen LogP contribution in [0.15, 0.2) is 18.2 Å². The second-order valence-corrected chi connectivity index (χ2v) is 5.35. The molecule has 0 aliphatic rings. The molecule has 0 saturated heterocycles. The molecule has 0 aromatic heterocycles. The second-order valence-electron chi connectivity index (χ2n) is 4.94. The summed E-state index contributed by atoms with van der Waals surface area (Å²) < 4.78 is 5.41. The van der Waals surface area contributed by atoms with Crippen LogP contribution in [0.2, 0.25) is 5.02 Å². The van der Waals surface area contributed by atoms with E-state index in [0.29, 0.717) is 17.3 Å². The fraction of sp³-hybridized carbons (Fsp3) is 0.533. The van der Waals surface area contributed by atoms with E-state index < -0.39 is 0 Å². The lowest BCUT2D eigenvalue weighted by atomic mass is 10.1. The molecule has 1 rings (SSSR count). The topological polar surface area (TPSA) is 64.3 Å². The number of hydrogen-bond donors (Lipinski definition) is 2. The van der Waals surface area contributed by atoms with Crippen molar-refractivity contribution in [2.45, 2.75) is 39.2 Å². The van der Waals surface area contributed by atoms with Crippen LogP contribution in [0.5, 0.6) is 5.75 Å². The molecule has 0 fully saturated rings. The summed E-state index contributed by atoms with van der Waals surface area (Å²) in [6, 6.07) is 5.61. The highest BCUT2D eigenvalue weighted by atomic mass is 35.5. The van der Waals surface area contributed by atoms with Gasteiger partial charge in [0.1, 0.15) is 5.75 Å². The molecule has 5 heteroatoms. The summed E-state index contributed by atoms with van der Waals surface area (Å²) in [4.78, 5) is 11.5. The van der Waals surface area contributed by atoms with Gasteiger partial charge in [0.2, 0.25) is 0 Å². The van der Waals surface area contributed by atoms with Gasteiger partial charge in [-0.1, -0.05) is 31.0 Å². The Morgan fingerprint density at radius 1 is 1.50 bits per heavy atom. The Balaban J connectivity index is 2.46. The summed E-state index contributed by atoms with van der Waals surface area (Å²) in [5.74, 6) is 0.389. The van der Waals surface area contributed by atoms with Gasteiger partial charge in [-0.05, 0) is 37.5 Å². The van der Waals surface area contributed by atoms with Gasteiger partial charge >= 0.3 is 0 Å². The van der Waals surface area contributed by atoms with Gasteiger partial charge in [-0.3, -0.25) is 4.79 Å². The summed E-state index contributed by atoms with van der Waals surface area (Å²) in [7, 11) is 0. The molecule has 0 aliphatic heterocycles. The first-order valence-electron chi connectivity index (χ1n) is 6.96. The van der Waals surface area contributed by atoms with E-state index in [1.54, 1.807) is 6.07 Å². The first kappa shape index (κ1) is 16.8. The molecule has 3 N–H and O–H groups in total. The zero-order chi connectivity index (χ0) is 15.0. The zero-order valence-electron chi connectivity index (χ0n) is 12.1. The van der Waals surface area contributed by atoms with Crippen molar-refractivity contribution in [3.63, 3.8) is 0 Å². The van der Waals surface area contributed by atoms with Crippen LogP contribution < -0.4 is 15.8 Å². The van der Waals surface area contributed by atoms with Crippen LogP contribution in [0.1, 0.15) is 32.3 Å². The van der Waals surface area contributed by atoms with E-state index in [9.17, 15) is 4.79 Å². The number of carbonyl (C=O) groups is 1. The van der Waals surface area contributed by atoms with E-state index in [0.717, 1.165) is 24.8 Å². The number of rotatable bonds is 8. The summed E-state index contributed by atoms with van der Waals surface area (Å²) in [6.07, 6.45) is 2.78. The SMILES string of the molecule is CCCCNC(=O)COc1ccc(CC(C)N)cc1Cl. The van der Waals surface area contributed by atoms with Crippen molar-refractivity contribution in [1.29, 1.82) is 0 Å². The molecular formula is C15H23ClN2O2. The first-order chi connectivity index (χ1) is 9.52. The predicted octanol–water partition coefficient (Wildman–Crippen LogP) is 2.52. The Labute approximate surface area is 125 Å². The molecule has 0 heterocycles. The van der Waals surface area contributed by atoms with Crippen molar-refractivity contribution < 1.29 is 9.53 Å². The van der Waals surface area contributed by atoms with Gasteiger partial charge in [0.25, 0.3) is 5.91 Å². The Morgan fingerprint density at radius 3 is 2.85 bits per heavy atom. The molecule has 1 aromatic carbocycles. The van der Waals surface area contributed by atoms with E-state index in [2.05, 4.69) is 12.2 Å². The van der Waals surface area contributed by atoms with Gasteiger partial charge in [-0.25, -0.2) is 0 Å². The number of nitrogens with two attached hydrogens (primary N) is 1. The van der Waals surface area contributed by atoms with Crippen molar-refractivity contribution in [3.05, 3.63) is 28.8 Å². The maximum atomic E-state index is 11.5. The number of unbranched alkanes of at least 4 members (excludes halogenated alkanes) is 1. The van der Waals surface area contributed by atoms with Crippen LogP contribution in [-0.2, 0) is 11.2 Å². The summed E-state index contributed by atoms with van der Waals surface area (Å²) in [5.41, 5.74) is 6.80. The molecular weight excluding hydrogens is 276 g/mol. The third-order valence-corrected chi connectivity index (χ3v) is 3.06. The largest absolute Gasteiger partial charge is 0.482 e. The third kappa shape index (κ3) is 6.26. The normalized spacial score (nSPS) is 12.0. The van der Waals surface area contributed by atoms with Crippen LogP contribution in [0.3, 0.4) is 0 Å². The number of hydrogen-bond acceptors (Lipinski definition) is 3. The molecule has 0 radical (unpaired) electrons. The van der Waals surface area contributed by atoms with Crippen molar-refractivity contribution in [1.82, 2.24) is 5.32 Å². The molecule has 0 spiro atoms. The number of benzene rings is 1. The van der Waals surface area contributed by atoms with Gasteiger partial charge in [-0.2, -0.15) is 0 Å². The van der Waals surface area contributed by atoms with Crippen LogP contribution in [0.25, 0.3) is 0 Å². The van der Waals surface area contributed by atoms with Crippen molar-refractivity contribution in [2.24, 2.45) is 5.73 Å². The van der Waals surface area contributed by atoms with Gasteiger partial charge in [0.15, 0.2) is 6.61 Å². The summed E-state index contributed by atoms with van der Waals surface area (Å²) >= 11 is 6.13. The molecule has 4 nitrogen and oxygen atoms in total. The molecule has 1 atom stereocenters. The smallest absolute Gasteiger partial charge is 0.257 e. The maximum absolute atomic E-state index is 11.5.